The van der Waals surface area contributed by atoms with Gasteiger partial charge in [-0.3, -0.25) is 4.79 Å². The van der Waals surface area contributed by atoms with E-state index in [1.54, 1.807) is 6.07 Å². The van der Waals surface area contributed by atoms with Gasteiger partial charge in [0.15, 0.2) is 0 Å². The number of aromatic nitrogens is 1. The molecule has 5 heteroatoms. The number of nitrogens with one attached hydrogen (secondary N) is 2. The molecule has 1 fully saturated rings. The molecule has 0 radical (unpaired) electrons. The maximum Gasteiger partial charge on any atom is 0.242 e. The highest BCUT2D eigenvalue weighted by molar-refractivity contribution is 9.10. The fraction of sp³-hybridized carbons (Fsp3) is 0.538. The van der Waals surface area contributed by atoms with Crippen LogP contribution in [0, 0.1) is 5.41 Å². The van der Waals surface area contributed by atoms with Crippen LogP contribution >= 0.6 is 15.9 Å². The summed E-state index contributed by atoms with van der Waals surface area (Å²) in [5, 5.41) is 6.17. The molecule has 1 aromatic heterocycles. The van der Waals surface area contributed by atoms with Crippen molar-refractivity contribution in [3.8, 4) is 0 Å². The Morgan fingerprint density at radius 1 is 1.56 bits per heavy atom. The predicted octanol–water partition coefficient (Wildman–Crippen LogP) is 2.56. The summed E-state index contributed by atoms with van der Waals surface area (Å²) in [6.45, 7) is 6.47. The minimum absolute atomic E-state index is 0.0157. The molecule has 2 heterocycles. The molecule has 18 heavy (non-hydrogen) atoms. The van der Waals surface area contributed by atoms with Gasteiger partial charge < -0.3 is 10.6 Å². The van der Waals surface area contributed by atoms with E-state index < -0.39 is 0 Å². The van der Waals surface area contributed by atoms with Gasteiger partial charge in [-0.1, -0.05) is 19.9 Å². The Morgan fingerprint density at radius 3 is 2.83 bits per heavy atom. The molecule has 0 bridgehead atoms. The average molecular weight is 312 g/mol. The van der Waals surface area contributed by atoms with Crippen molar-refractivity contribution >= 4 is 27.7 Å². The fourth-order valence-electron chi connectivity index (χ4n) is 2.15. The second kappa shape index (κ2) is 4.97. The van der Waals surface area contributed by atoms with E-state index in [4.69, 9.17) is 0 Å². The van der Waals surface area contributed by atoms with E-state index in [0.29, 0.717) is 16.5 Å². The molecule has 0 aliphatic carbocycles. The average Bonchev–Trinajstić information content (AvgIpc) is 2.53. The first-order valence-corrected chi connectivity index (χ1v) is 6.87. The zero-order chi connectivity index (χ0) is 13.3. The van der Waals surface area contributed by atoms with E-state index in [1.165, 1.54) is 0 Å². The highest BCUT2D eigenvalue weighted by Gasteiger charge is 2.40. The normalized spacial score (nSPS) is 26.0. The molecule has 2 rings (SSSR count). The smallest absolute Gasteiger partial charge is 0.242 e. The number of pyridine rings is 1. The Bertz CT molecular complexity index is 461. The van der Waals surface area contributed by atoms with Crippen molar-refractivity contribution in [3.05, 3.63) is 22.8 Å². The van der Waals surface area contributed by atoms with E-state index in [9.17, 15) is 4.79 Å². The number of halogens is 1. The first-order chi connectivity index (χ1) is 8.38. The van der Waals surface area contributed by atoms with Crippen molar-refractivity contribution < 1.29 is 4.79 Å². The van der Waals surface area contributed by atoms with Gasteiger partial charge in [0, 0.05) is 6.04 Å². The zero-order valence-electron chi connectivity index (χ0n) is 10.8. The molecular formula is C13H18BrN3O. The second-order valence-corrected chi connectivity index (χ2v) is 6.28. The van der Waals surface area contributed by atoms with Crippen LogP contribution in [0.1, 0.15) is 27.2 Å². The van der Waals surface area contributed by atoms with Crippen LogP contribution in [0.5, 0.6) is 0 Å². The summed E-state index contributed by atoms with van der Waals surface area (Å²) in [4.78, 5) is 16.3. The number of hydrogen-bond acceptors (Lipinski definition) is 3. The lowest BCUT2D eigenvalue weighted by Crippen LogP contribution is -2.38. The molecule has 2 N–H and O–H groups in total. The lowest BCUT2D eigenvalue weighted by atomic mass is 9.84. The molecule has 98 valence electrons. The summed E-state index contributed by atoms with van der Waals surface area (Å²) in [5.74, 6) is 0.562. The van der Waals surface area contributed by atoms with Crippen molar-refractivity contribution in [2.24, 2.45) is 5.41 Å². The zero-order valence-corrected chi connectivity index (χ0v) is 12.4. The first kappa shape index (κ1) is 13.5. The van der Waals surface area contributed by atoms with Gasteiger partial charge in [0.2, 0.25) is 5.91 Å². The van der Waals surface area contributed by atoms with Gasteiger partial charge in [-0.2, -0.15) is 0 Å². The number of amides is 1. The summed E-state index contributed by atoms with van der Waals surface area (Å²) in [6.07, 6.45) is 0.841. The van der Waals surface area contributed by atoms with Crippen LogP contribution in [0.25, 0.3) is 0 Å². The molecule has 0 unspecified atom stereocenters. The van der Waals surface area contributed by atoms with Gasteiger partial charge in [-0.15, -0.1) is 0 Å². The van der Waals surface area contributed by atoms with Crippen LogP contribution < -0.4 is 10.6 Å². The number of nitrogens with zero attached hydrogens (tertiary/aromatic N) is 1. The summed E-state index contributed by atoms with van der Waals surface area (Å²) in [5.41, 5.74) is 0.146. The molecule has 4 nitrogen and oxygen atoms in total. The number of hydrogen-bond donors (Lipinski definition) is 2. The van der Waals surface area contributed by atoms with Crippen LogP contribution in [-0.4, -0.2) is 23.0 Å². The molecule has 1 aliphatic rings. The Labute approximate surface area is 116 Å². The van der Waals surface area contributed by atoms with Crippen molar-refractivity contribution in [1.82, 2.24) is 10.3 Å². The molecule has 0 spiro atoms. The Balaban J connectivity index is 2.02. The molecule has 1 saturated heterocycles. The highest BCUT2D eigenvalue weighted by atomic mass is 79.9. The standard InChI is InChI=1S/C13H18BrN3O/c1-8-13(2,3)7-9(15-8)12(18)17-11-6-4-5-10(14)16-11/h4-6,8-9,15H,7H2,1-3H3,(H,16,17,18)/t8-,9+/m1/s1. The van der Waals surface area contributed by atoms with Crippen LogP contribution in [0.15, 0.2) is 22.8 Å². The van der Waals surface area contributed by atoms with Crippen LogP contribution in [-0.2, 0) is 4.79 Å². The quantitative estimate of drug-likeness (QED) is 0.825. The first-order valence-electron chi connectivity index (χ1n) is 6.08. The van der Waals surface area contributed by atoms with Gasteiger partial charge >= 0.3 is 0 Å². The maximum atomic E-state index is 12.1. The van der Waals surface area contributed by atoms with Crippen LogP contribution in [0.3, 0.4) is 0 Å². The van der Waals surface area contributed by atoms with Gasteiger partial charge in [-0.05, 0) is 46.8 Å². The van der Waals surface area contributed by atoms with Crippen molar-refractivity contribution in [2.45, 2.75) is 39.3 Å². The maximum absolute atomic E-state index is 12.1. The third-order valence-electron chi connectivity index (χ3n) is 3.64. The van der Waals surface area contributed by atoms with Crippen molar-refractivity contribution in [2.75, 3.05) is 5.32 Å². The Morgan fingerprint density at radius 2 is 2.28 bits per heavy atom. The summed E-state index contributed by atoms with van der Waals surface area (Å²) in [7, 11) is 0. The number of carbonyl (C=O) groups excluding carboxylic acids is 1. The molecular weight excluding hydrogens is 294 g/mol. The summed E-state index contributed by atoms with van der Waals surface area (Å²) in [6, 6.07) is 5.65. The monoisotopic (exact) mass is 311 g/mol. The van der Waals surface area contributed by atoms with Crippen LogP contribution in [0.2, 0.25) is 0 Å². The van der Waals surface area contributed by atoms with Gasteiger partial charge in [0.05, 0.1) is 6.04 Å². The molecule has 2 atom stereocenters. The Hall–Kier alpha value is -0.940. The SMILES string of the molecule is C[C@H]1N[C@H](C(=O)Nc2cccc(Br)n2)CC1(C)C. The third-order valence-corrected chi connectivity index (χ3v) is 4.08. The topological polar surface area (TPSA) is 54.0 Å². The summed E-state index contributed by atoms with van der Waals surface area (Å²) >= 11 is 3.29. The minimum Gasteiger partial charge on any atom is -0.309 e. The lowest BCUT2D eigenvalue weighted by Gasteiger charge is -2.21. The van der Waals surface area contributed by atoms with Crippen molar-refractivity contribution in [1.29, 1.82) is 0 Å². The number of carbonyl (C=O) groups is 1. The molecule has 0 saturated carbocycles. The van der Waals surface area contributed by atoms with Gasteiger partial charge in [0.1, 0.15) is 10.4 Å². The summed E-state index contributed by atoms with van der Waals surface area (Å²) < 4.78 is 0.716. The van der Waals surface area contributed by atoms with E-state index in [1.807, 2.05) is 12.1 Å². The fourth-order valence-corrected chi connectivity index (χ4v) is 2.49. The van der Waals surface area contributed by atoms with E-state index >= 15 is 0 Å². The second-order valence-electron chi connectivity index (χ2n) is 5.47. The molecule has 1 aliphatic heterocycles. The van der Waals surface area contributed by atoms with Gasteiger partial charge in [0.25, 0.3) is 0 Å². The predicted molar refractivity (Wildman–Crippen MR) is 75.4 cm³/mol. The Kier molecular flexibility index (Phi) is 3.73. The third kappa shape index (κ3) is 2.90. The van der Waals surface area contributed by atoms with Gasteiger partial charge in [-0.25, -0.2) is 4.98 Å². The molecule has 1 aromatic rings. The van der Waals surface area contributed by atoms with E-state index in [2.05, 4.69) is 52.3 Å². The minimum atomic E-state index is -0.143. The molecule has 0 aromatic carbocycles. The highest BCUT2D eigenvalue weighted by Crippen LogP contribution is 2.33. The lowest BCUT2D eigenvalue weighted by molar-refractivity contribution is -0.118. The van der Waals surface area contributed by atoms with Crippen LogP contribution in [0.4, 0.5) is 5.82 Å². The number of rotatable bonds is 2. The molecule has 1 amide bonds. The van der Waals surface area contributed by atoms with E-state index in [0.717, 1.165) is 6.42 Å². The van der Waals surface area contributed by atoms with E-state index in [-0.39, 0.29) is 17.4 Å². The largest absolute Gasteiger partial charge is 0.309 e. The van der Waals surface area contributed by atoms with Crippen molar-refractivity contribution in [3.63, 3.8) is 0 Å². The number of anilines is 1.